The molecule has 3 aromatic rings. The van der Waals surface area contributed by atoms with Gasteiger partial charge in [0.15, 0.2) is 35.9 Å². The van der Waals surface area contributed by atoms with Crippen LogP contribution >= 0.6 is 11.6 Å². The smallest absolute Gasteiger partial charge is 0.333 e. The first kappa shape index (κ1) is 27.4. The maximum Gasteiger partial charge on any atom is 0.333 e. The minimum Gasteiger partial charge on any atom is -0.483 e. The van der Waals surface area contributed by atoms with Crippen LogP contribution in [0.4, 0.5) is 5.82 Å². The Kier molecular flexibility index (Phi) is 8.16. The van der Waals surface area contributed by atoms with E-state index in [2.05, 4.69) is 30.3 Å². The molecule has 5 rings (SSSR count). The molecule has 15 nitrogen and oxygen atoms in total. The van der Waals surface area contributed by atoms with Crippen LogP contribution in [0.3, 0.4) is 0 Å². The summed E-state index contributed by atoms with van der Waals surface area (Å²) in [5.41, 5.74) is 10.0. The zero-order valence-electron chi connectivity index (χ0n) is 21.1. The molecular weight excluding hydrogens is 546 g/mol. The van der Waals surface area contributed by atoms with E-state index in [-0.39, 0.29) is 24.7 Å². The number of carbonyl (C=O) groups is 2. The highest BCUT2D eigenvalue weighted by atomic mass is 35.5. The quantitative estimate of drug-likeness (QED) is 0.194. The van der Waals surface area contributed by atoms with Crippen molar-refractivity contribution < 1.29 is 29.3 Å². The summed E-state index contributed by atoms with van der Waals surface area (Å²) in [5, 5.41) is 27.2. The molecule has 3 N–H and O–H groups in total. The number of imidazole rings is 1. The molecule has 1 amide bonds. The van der Waals surface area contributed by atoms with E-state index in [9.17, 15) is 19.8 Å². The molecule has 2 aliphatic rings. The summed E-state index contributed by atoms with van der Waals surface area (Å²) >= 11 is 6.23. The second kappa shape index (κ2) is 11.9. The van der Waals surface area contributed by atoms with Gasteiger partial charge < -0.3 is 29.9 Å². The Hall–Kier alpha value is -4.17. The molecule has 0 aliphatic carbocycles. The maximum absolute atomic E-state index is 12.6. The largest absolute Gasteiger partial charge is 0.483 e. The monoisotopic (exact) mass is 571 g/mol. The number of aliphatic hydroxyl groups is 1. The third-order valence-electron chi connectivity index (χ3n) is 6.83. The number of aromatic nitrogens is 4. The maximum atomic E-state index is 12.6. The van der Waals surface area contributed by atoms with Crippen molar-refractivity contribution in [2.45, 2.75) is 50.3 Å². The first-order valence-electron chi connectivity index (χ1n) is 12.6. The number of azide groups is 1. The summed E-state index contributed by atoms with van der Waals surface area (Å²) in [4.78, 5) is 41.4. The number of benzene rings is 1. The molecule has 2 aromatic heterocycles. The van der Waals surface area contributed by atoms with Gasteiger partial charge in [-0.05, 0) is 43.0 Å². The van der Waals surface area contributed by atoms with E-state index >= 15 is 0 Å². The van der Waals surface area contributed by atoms with Gasteiger partial charge >= 0.3 is 5.97 Å². The van der Waals surface area contributed by atoms with Crippen LogP contribution in [0.25, 0.3) is 21.6 Å². The molecule has 1 aromatic carbocycles. The van der Waals surface area contributed by atoms with Gasteiger partial charge in [0.05, 0.1) is 6.33 Å². The molecule has 16 heteroatoms. The molecule has 0 saturated carbocycles. The number of ether oxygens (including phenoxy) is 2. The van der Waals surface area contributed by atoms with Gasteiger partial charge in [-0.1, -0.05) is 16.7 Å². The van der Waals surface area contributed by atoms with Crippen molar-refractivity contribution in [1.82, 2.24) is 24.4 Å². The normalized spacial score (nSPS) is 22.6. The number of aliphatic hydroxyl groups excluding tert-OH is 1. The van der Waals surface area contributed by atoms with Gasteiger partial charge in [0.2, 0.25) is 0 Å². The van der Waals surface area contributed by atoms with Crippen molar-refractivity contribution in [3.8, 4) is 5.75 Å². The Morgan fingerprint density at radius 2 is 2.05 bits per heavy atom. The number of nitrogens with zero attached hydrogens (tertiary/aromatic N) is 8. The predicted molar refractivity (Wildman–Crippen MR) is 141 cm³/mol. The lowest BCUT2D eigenvalue weighted by molar-refractivity contribution is -0.152. The van der Waals surface area contributed by atoms with E-state index < -0.39 is 30.4 Å². The van der Waals surface area contributed by atoms with Gasteiger partial charge in [-0.3, -0.25) is 9.36 Å². The van der Waals surface area contributed by atoms with E-state index in [1.165, 1.54) is 17.2 Å². The number of amides is 1. The average molecular weight is 572 g/mol. The highest BCUT2D eigenvalue weighted by Gasteiger charge is 2.48. The third kappa shape index (κ3) is 5.58. The summed E-state index contributed by atoms with van der Waals surface area (Å²) in [6.45, 7) is 1.60. The van der Waals surface area contributed by atoms with Crippen LogP contribution in [-0.2, 0) is 20.9 Å². The van der Waals surface area contributed by atoms with Crippen LogP contribution < -0.4 is 10.1 Å². The molecule has 2 saturated heterocycles. The highest BCUT2D eigenvalue weighted by Crippen LogP contribution is 2.34. The van der Waals surface area contributed by atoms with Crippen LogP contribution in [0.1, 0.15) is 31.1 Å². The Morgan fingerprint density at radius 3 is 2.80 bits per heavy atom. The number of carbonyl (C=O) groups excluding carboxylic acids is 1. The summed E-state index contributed by atoms with van der Waals surface area (Å²) in [6, 6.07) is 3.76. The lowest BCUT2D eigenvalue weighted by atomic mass is 10.1. The molecule has 210 valence electrons. The van der Waals surface area contributed by atoms with Crippen molar-refractivity contribution in [3.63, 3.8) is 0 Å². The number of fused-ring (bicyclic) bond motifs is 1. The fourth-order valence-electron chi connectivity index (χ4n) is 4.83. The summed E-state index contributed by atoms with van der Waals surface area (Å²) in [7, 11) is 0. The predicted octanol–water partition coefficient (Wildman–Crippen LogP) is 2.50. The van der Waals surface area contributed by atoms with Gasteiger partial charge in [-0.15, -0.1) is 0 Å². The summed E-state index contributed by atoms with van der Waals surface area (Å²) in [6.07, 6.45) is 1.49. The molecule has 4 atom stereocenters. The highest BCUT2D eigenvalue weighted by molar-refractivity contribution is 6.30. The Labute approximate surface area is 232 Å². The number of carboxylic acid groups (broad SMARTS) is 1. The average Bonchev–Trinajstić information content (AvgIpc) is 3.53. The number of halogens is 1. The standard InChI is InChI=1S/C24H26ClN9O6/c25-14-4-5-15(39-10-16(35)33-6-2-1-3-7-33)13(8-14)9-27-21-18-22(29-11-28-21)34(12-30-18)23-19(36)17(31-32-26)20(40-23)24(37)38/h4-5,8,11-12,17,19-20,23,36H,1-3,6-7,9-10H2,(H,37,38)(H,27,28,29). The number of likely N-dealkylation sites (tertiary alicyclic amines) is 1. The Balaban J connectivity index is 1.33. The van der Waals surface area contributed by atoms with E-state index in [0.717, 1.165) is 32.4 Å². The minimum atomic E-state index is -1.55. The topological polar surface area (TPSA) is 201 Å². The zero-order chi connectivity index (χ0) is 28.2. The number of piperidine rings is 1. The molecule has 0 spiro atoms. The number of rotatable bonds is 9. The SMILES string of the molecule is [N-]=[N+]=NC1C(C(=O)O)OC(n2cnc3c(NCc4cc(Cl)ccc4OCC(=O)N4CCCCC4)ncnc32)C1O. The first-order valence-corrected chi connectivity index (χ1v) is 13.0. The third-order valence-corrected chi connectivity index (χ3v) is 7.06. The number of anilines is 1. The molecule has 0 bridgehead atoms. The van der Waals surface area contributed by atoms with Crippen molar-refractivity contribution in [1.29, 1.82) is 0 Å². The molecule has 2 aliphatic heterocycles. The van der Waals surface area contributed by atoms with Crippen LogP contribution in [0.15, 0.2) is 36.0 Å². The van der Waals surface area contributed by atoms with Crippen molar-refractivity contribution in [2.24, 2.45) is 5.11 Å². The molecular formula is C24H26ClN9O6. The first-order chi connectivity index (χ1) is 19.4. The van der Waals surface area contributed by atoms with E-state index in [1.807, 2.05) is 4.90 Å². The molecule has 40 heavy (non-hydrogen) atoms. The molecule has 4 heterocycles. The number of nitrogens with one attached hydrogen (secondary N) is 1. The summed E-state index contributed by atoms with van der Waals surface area (Å²) in [5.74, 6) is -0.615. The van der Waals surface area contributed by atoms with Crippen molar-refractivity contribution in [2.75, 3.05) is 25.0 Å². The number of hydrogen-bond acceptors (Lipinski definition) is 10. The van der Waals surface area contributed by atoms with Crippen molar-refractivity contribution >= 4 is 40.5 Å². The molecule has 2 fully saturated rings. The lowest BCUT2D eigenvalue weighted by Gasteiger charge is -2.26. The van der Waals surface area contributed by atoms with Crippen LogP contribution in [0.5, 0.6) is 5.75 Å². The molecule has 4 unspecified atom stereocenters. The fourth-order valence-corrected chi connectivity index (χ4v) is 5.02. The fraction of sp³-hybridized carbons (Fsp3) is 0.458. The second-order valence-electron chi connectivity index (χ2n) is 9.35. The van der Waals surface area contributed by atoms with E-state index in [1.54, 1.807) is 18.2 Å². The zero-order valence-corrected chi connectivity index (χ0v) is 21.9. The molecule has 0 radical (unpaired) electrons. The Morgan fingerprint density at radius 1 is 1.25 bits per heavy atom. The van der Waals surface area contributed by atoms with Crippen LogP contribution in [0, 0.1) is 0 Å². The Bertz CT molecular complexity index is 1460. The van der Waals surface area contributed by atoms with Crippen LogP contribution in [0.2, 0.25) is 5.02 Å². The second-order valence-corrected chi connectivity index (χ2v) is 9.79. The minimum absolute atomic E-state index is 0.0687. The number of carboxylic acids is 1. The van der Waals surface area contributed by atoms with Gasteiger partial charge in [0.25, 0.3) is 5.91 Å². The lowest BCUT2D eigenvalue weighted by Crippen LogP contribution is -2.38. The van der Waals surface area contributed by atoms with Gasteiger partial charge in [0, 0.05) is 35.1 Å². The van der Waals surface area contributed by atoms with Gasteiger partial charge in [-0.2, -0.15) is 0 Å². The van der Waals surface area contributed by atoms with Crippen LogP contribution in [-0.4, -0.2) is 84.5 Å². The number of hydrogen-bond donors (Lipinski definition) is 3. The van der Waals surface area contributed by atoms with E-state index in [4.69, 9.17) is 26.6 Å². The van der Waals surface area contributed by atoms with Gasteiger partial charge in [-0.25, -0.2) is 19.7 Å². The number of aliphatic carboxylic acids is 1. The van der Waals surface area contributed by atoms with Gasteiger partial charge in [0.1, 0.15) is 24.2 Å². The van der Waals surface area contributed by atoms with E-state index in [0.29, 0.717) is 27.7 Å². The van der Waals surface area contributed by atoms with Crippen molar-refractivity contribution in [3.05, 3.63) is 51.9 Å². The summed E-state index contributed by atoms with van der Waals surface area (Å²) < 4.78 is 12.7.